The minimum Gasteiger partial charge on any atom is -0.451 e. The Balaban J connectivity index is 1.45. The van der Waals surface area contributed by atoms with Crippen molar-refractivity contribution >= 4 is 39.5 Å². The van der Waals surface area contributed by atoms with Crippen LogP contribution in [0.25, 0.3) is 21.4 Å². The first-order valence-electron chi connectivity index (χ1n) is 8.23. The molecule has 0 saturated carbocycles. The van der Waals surface area contributed by atoms with Gasteiger partial charge in [-0.3, -0.25) is 9.59 Å². The second kappa shape index (κ2) is 7.48. The highest BCUT2D eigenvalue weighted by Crippen LogP contribution is 2.32. The number of thiophene rings is 2. The van der Waals surface area contributed by atoms with Crippen LogP contribution in [0.4, 0.5) is 0 Å². The first-order valence-corrected chi connectivity index (χ1v) is 9.99. The number of amides is 1. The van der Waals surface area contributed by atoms with Crippen LogP contribution < -0.4 is 10.7 Å². The molecule has 0 saturated heterocycles. The number of hydrogen-bond acceptors (Lipinski definition) is 6. The van der Waals surface area contributed by atoms with E-state index in [2.05, 4.69) is 5.32 Å². The lowest BCUT2D eigenvalue weighted by atomic mass is 10.2. The Morgan fingerprint density at radius 3 is 2.85 bits per heavy atom. The van der Waals surface area contributed by atoms with Crippen LogP contribution in [0.15, 0.2) is 68.5 Å². The molecule has 0 radical (unpaired) electrons. The van der Waals surface area contributed by atoms with Gasteiger partial charge < -0.3 is 14.8 Å². The van der Waals surface area contributed by atoms with Crippen molar-refractivity contribution in [3.8, 4) is 10.4 Å². The molecular formula is C20H15NO4S2. The van der Waals surface area contributed by atoms with Gasteiger partial charge in [0.2, 0.25) is 0 Å². The molecule has 0 spiro atoms. The molecule has 2 N–H and O–H groups in total. The van der Waals surface area contributed by atoms with Crippen LogP contribution in [-0.4, -0.2) is 17.6 Å². The number of nitrogens with one attached hydrogen (secondary N) is 1. The summed E-state index contributed by atoms with van der Waals surface area (Å²) < 4.78 is 5.51. The topological polar surface area (TPSA) is 79.5 Å². The zero-order chi connectivity index (χ0) is 18.8. The summed E-state index contributed by atoms with van der Waals surface area (Å²) in [6, 6.07) is 13.8. The van der Waals surface area contributed by atoms with E-state index in [4.69, 9.17) is 4.42 Å². The van der Waals surface area contributed by atoms with Crippen molar-refractivity contribution < 1.29 is 14.3 Å². The number of para-hydroxylation sites is 1. The fourth-order valence-corrected chi connectivity index (χ4v) is 4.41. The lowest BCUT2D eigenvalue weighted by Crippen LogP contribution is -2.28. The van der Waals surface area contributed by atoms with Crippen LogP contribution in [0.5, 0.6) is 0 Å². The largest absolute Gasteiger partial charge is 0.451 e. The molecule has 5 nitrogen and oxygen atoms in total. The van der Waals surface area contributed by atoms with Gasteiger partial charge in [-0.05, 0) is 41.1 Å². The maximum atomic E-state index is 12.3. The Hall–Kier alpha value is -2.74. The molecule has 4 aromatic rings. The summed E-state index contributed by atoms with van der Waals surface area (Å²) in [6.07, 6.45) is -0.835. The number of benzene rings is 1. The molecule has 3 aromatic heterocycles. The van der Waals surface area contributed by atoms with Crippen molar-refractivity contribution in [3.05, 3.63) is 80.2 Å². The molecule has 0 aliphatic rings. The summed E-state index contributed by atoms with van der Waals surface area (Å²) in [5.74, 6) is -0.609. The van der Waals surface area contributed by atoms with E-state index in [1.807, 2.05) is 29.0 Å². The molecule has 3 heterocycles. The predicted octanol–water partition coefficient (Wildman–Crippen LogP) is 4.05. The standard InChI is InChI=1S/C20H15NO4S2/c22-14-9-17(25-16-4-2-1-3-13(14)16)20(24)21-10-15(23)19-6-5-18(27-19)12-7-8-26-11-12/h1-9,11,15,23H,10H2,(H,21,24). The Kier molecular flexibility index (Phi) is 4.89. The lowest BCUT2D eigenvalue weighted by Gasteiger charge is -2.10. The summed E-state index contributed by atoms with van der Waals surface area (Å²) in [6.45, 7) is 0.0267. The number of carbonyl (C=O) groups is 1. The van der Waals surface area contributed by atoms with Gasteiger partial charge in [0.05, 0.1) is 5.39 Å². The van der Waals surface area contributed by atoms with E-state index >= 15 is 0 Å². The second-order valence-corrected chi connectivity index (χ2v) is 7.81. The van der Waals surface area contributed by atoms with E-state index < -0.39 is 12.0 Å². The van der Waals surface area contributed by atoms with E-state index in [1.165, 1.54) is 17.4 Å². The highest BCUT2D eigenvalue weighted by Gasteiger charge is 2.16. The number of hydrogen-bond donors (Lipinski definition) is 2. The van der Waals surface area contributed by atoms with Crippen LogP contribution in [0.2, 0.25) is 0 Å². The van der Waals surface area contributed by atoms with Crippen LogP contribution in [-0.2, 0) is 0 Å². The summed E-state index contributed by atoms with van der Waals surface area (Å²) in [5.41, 5.74) is 1.20. The highest BCUT2D eigenvalue weighted by molar-refractivity contribution is 7.16. The van der Waals surface area contributed by atoms with Crippen LogP contribution in [0.3, 0.4) is 0 Å². The van der Waals surface area contributed by atoms with Gasteiger partial charge in [0.1, 0.15) is 11.7 Å². The van der Waals surface area contributed by atoms with Crippen LogP contribution in [0.1, 0.15) is 21.5 Å². The molecule has 0 bridgehead atoms. The molecule has 136 valence electrons. The Morgan fingerprint density at radius 2 is 2.04 bits per heavy atom. The number of fused-ring (bicyclic) bond motifs is 1. The fourth-order valence-electron chi connectivity index (χ4n) is 2.68. The first kappa shape index (κ1) is 17.7. The Bertz CT molecular complexity index is 1140. The Labute approximate surface area is 162 Å². The number of carbonyl (C=O) groups excluding carboxylic acids is 1. The Morgan fingerprint density at radius 1 is 1.19 bits per heavy atom. The summed E-state index contributed by atoms with van der Waals surface area (Å²) in [7, 11) is 0. The molecule has 1 amide bonds. The van der Waals surface area contributed by atoms with E-state index in [-0.39, 0.29) is 17.7 Å². The molecule has 0 aliphatic carbocycles. The molecule has 0 aliphatic heterocycles. The van der Waals surface area contributed by atoms with Gasteiger partial charge in [-0.25, -0.2) is 0 Å². The van der Waals surface area contributed by atoms with Crippen molar-refractivity contribution in [3.63, 3.8) is 0 Å². The van der Waals surface area contributed by atoms with Crippen molar-refractivity contribution in [2.24, 2.45) is 0 Å². The van der Waals surface area contributed by atoms with Crippen molar-refractivity contribution in [2.75, 3.05) is 6.54 Å². The maximum absolute atomic E-state index is 12.3. The fraction of sp³-hybridized carbons (Fsp3) is 0.100. The quantitative estimate of drug-likeness (QED) is 0.533. The third-order valence-electron chi connectivity index (χ3n) is 4.08. The molecule has 27 heavy (non-hydrogen) atoms. The summed E-state index contributed by atoms with van der Waals surface area (Å²) in [5, 5.41) is 17.5. The van der Waals surface area contributed by atoms with E-state index in [9.17, 15) is 14.7 Å². The third kappa shape index (κ3) is 3.71. The maximum Gasteiger partial charge on any atom is 0.287 e. The SMILES string of the molecule is O=C(NCC(O)c1ccc(-c2ccsc2)s1)c1cc(=O)c2ccccc2o1. The number of aliphatic hydroxyl groups is 1. The average Bonchev–Trinajstić information content (AvgIpc) is 3.37. The van der Waals surface area contributed by atoms with Crippen molar-refractivity contribution in [1.29, 1.82) is 0 Å². The lowest BCUT2D eigenvalue weighted by molar-refractivity contribution is 0.0891. The normalized spacial score (nSPS) is 12.2. The number of aliphatic hydroxyl groups excluding tert-OH is 1. The van der Waals surface area contributed by atoms with Gasteiger partial charge in [0, 0.05) is 27.9 Å². The van der Waals surface area contributed by atoms with Gasteiger partial charge >= 0.3 is 0 Å². The predicted molar refractivity (Wildman–Crippen MR) is 107 cm³/mol. The number of rotatable bonds is 5. The van der Waals surface area contributed by atoms with Gasteiger partial charge in [0.15, 0.2) is 11.2 Å². The molecule has 1 aromatic carbocycles. The van der Waals surface area contributed by atoms with Gasteiger partial charge in [-0.1, -0.05) is 12.1 Å². The van der Waals surface area contributed by atoms with Gasteiger partial charge in [-0.2, -0.15) is 11.3 Å². The average molecular weight is 397 g/mol. The molecule has 1 atom stereocenters. The third-order valence-corrected chi connectivity index (χ3v) is 5.99. The monoisotopic (exact) mass is 397 g/mol. The smallest absolute Gasteiger partial charge is 0.287 e. The van der Waals surface area contributed by atoms with E-state index in [0.29, 0.717) is 11.0 Å². The minimum absolute atomic E-state index is 0.0267. The highest BCUT2D eigenvalue weighted by atomic mass is 32.1. The van der Waals surface area contributed by atoms with Crippen LogP contribution in [0, 0.1) is 0 Å². The van der Waals surface area contributed by atoms with Gasteiger partial charge in [0.25, 0.3) is 5.91 Å². The molecule has 0 fully saturated rings. The molecular weight excluding hydrogens is 382 g/mol. The second-order valence-electron chi connectivity index (χ2n) is 5.91. The zero-order valence-electron chi connectivity index (χ0n) is 14.0. The van der Waals surface area contributed by atoms with Crippen molar-refractivity contribution in [1.82, 2.24) is 5.32 Å². The van der Waals surface area contributed by atoms with Crippen LogP contribution >= 0.6 is 22.7 Å². The summed E-state index contributed by atoms with van der Waals surface area (Å²) in [4.78, 5) is 26.2. The molecule has 7 heteroatoms. The minimum atomic E-state index is -0.835. The molecule has 1 unspecified atom stereocenters. The van der Waals surface area contributed by atoms with E-state index in [0.717, 1.165) is 15.3 Å². The summed E-state index contributed by atoms with van der Waals surface area (Å²) >= 11 is 3.10. The molecule has 4 rings (SSSR count). The zero-order valence-corrected chi connectivity index (χ0v) is 15.7. The first-order chi connectivity index (χ1) is 13.1. The van der Waals surface area contributed by atoms with Crippen molar-refractivity contribution in [2.45, 2.75) is 6.10 Å². The van der Waals surface area contributed by atoms with E-state index in [1.54, 1.807) is 35.6 Å². The van der Waals surface area contributed by atoms with Gasteiger partial charge in [-0.15, -0.1) is 11.3 Å².